The summed E-state index contributed by atoms with van der Waals surface area (Å²) in [5, 5.41) is 12.4. The van der Waals surface area contributed by atoms with Gasteiger partial charge in [0.25, 0.3) is 0 Å². The number of aromatic nitrogens is 2. The van der Waals surface area contributed by atoms with Crippen LogP contribution in [0.25, 0.3) is 33.7 Å². The molecule has 0 aliphatic heterocycles. The lowest BCUT2D eigenvalue weighted by atomic mass is 9.98. The van der Waals surface area contributed by atoms with E-state index in [4.69, 9.17) is 13.9 Å². The first kappa shape index (κ1) is 30.2. The summed E-state index contributed by atoms with van der Waals surface area (Å²) in [6.45, 7) is 0. The molecule has 0 radical (unpaired) electrons. The van der Waals surface area contributed by atoms with E-state index in [1.165, 1.54) is 20.3 Å². The molecule has 222 valence electrons. The quantitative estimate of drug-likeness (QED) is 0.132. The third-order valence-electron chi connectivity index (χ3n) is 6.38. The summed E-state index contributed by atoms with van der Waals surface area (Å²) >= 11 is 0.707. The van der Waals surface area contributed by atoms with E-state index in [0.717, 1.165) is 6.07 Å². The molecule has 0 atom stereocenters. The number of furan rings is 1. The zero-order valence-corrected chi connectivity index (χ0v) is 24.1. The maximum Gasteiger partial charge on any atom is 0.433 e. The van der Waals surface area contributed by atoms with Gasteiger partial charge in [0.15, 0.2) is 16.7 Å². The second kappa shape index (κ2) is 12.9. The van der Waals surface area contributed by atoms with Crippen molar-refractivity contribution in [3.8, 4) is 51.3 Å². The molecule has 1 N–H and O–H groups in total. The number of anilines is 1. The first-order chi connectivity index (χ1) is 21.2. The largest absolute Gasteiger partial charge is 0.493 e. The molecular formula is C32H23F3N4O4S. The van der Waals surface area contributed by atoms with Crippen LogP contribution in [0, 0.1) is 11.3 Å². The number of methoxy groups -OCH3 is 2. The van der Waals surface area contributed by atoms with Gasteiger partial charge >= 0.3 is 6.18 Å². The first-order valence-electron chi connectivity index (χ1n) is 13.0. The molecule has 0 saturated heterocycles. The molecule has 0 fully saturated rings. The van der Waals surface area contributed by atoms with E-state index < -0.39 is 17.8 Å². The Bertz CT molecular complexity index is 1840. The van der Waals surface area contributed by atoms with E-state index in [2.05, 4.69) is 21.4 Å². The van der Waals surface area contributed by atoms with E-state index in [1.54, 1.807) is 12.1 Å². The smallest absolute Gasteiger partial charge is 0.433 e. The van der Waals surface area contributed by atoms with Crippen molar-refractivity contribution in [2.75, 3.05) is 25.3 Å². The highest BCUT2D eigenvalue weighted by atomic mass is 32.2. The number of hydrogen-bond donors (Lipinski definition) is 1. The molecule has 2 heterocycles. The number of halogens is 3. The molecule has 0 spiro atoms. The predicted molar refractivity (Wildman–Crippen MR) is 159 cm³/mol. The van der Waals surface area contributed by atoms with Crippen LogP contribution in [-0.2, 0) is 11.0 Å². The highest BCUT2D eigenvalue weighted by Gasteiger charge is 2.34. The summed E-state index contributed by atoms with van der Waals surface area (Å²) in [7, 11) is 2.85. The van der Waals surface area contributed by atoms with E-state index in [-0.39, 0.29) is 28.1 Å². The monoisotopic (exact) mass is 616 g/mol. The topological polar surface area (TPSA) is 110 Å². The van der Waals surface area contributed by atoms with E-state index in [9.17, 15) is 23.2 Å². The second-order valence-electron chi connectivity index (χ2n) is 9.18. The summed E-state index contributed by atoms with van der Waals surface area (Å²) in [5.74, 6) is 0.0203. The maximum absolute atomic E-state index is 13.8. The minimum absolute atomic E-state index is 0.0195. The predicted octanol–water partition coefficient (Wildman–Crippen LogP) is 7.71. The normalized spacial score (nSPS) is 11.1. The second-order valence-corrected chi connectivity index (χ2v) is 10.1. The Kier molecular flexibility index (Phi) is 8.87. The number of rotatable bonds is 9. The molecule has 5 rings (SSSR count). The van der Waals surface area contributed by atoms with Gasteiger partial charge in [0.2, 0.25) is 11.8 Å². The number of hydrogen-bond acceptors (Lipinski definition) is 8. The summed E-state index contributed by atoms with van der Waals surface area (Å²) in [6, 6.07) is 25.7. The Balaban J connectivity index is 1.43. The Morgan fingerprint density at radius 3 is 2.18 bits per heavy atom. The van der Waals surface area contributed by atoms with Crippen LogP contribution < -0.4 is 14.8 Å². The highest BCUT2D eigenvalue weighted by molar-refractivity contribution is 7.99. The third kappa shape index (κ3) is 6.53. The molecule has 0 unspecified atom stereocenters. The van der Waals surface area contributed by atoms with Gasteiger partial charge in [-0.25, -0.2) is 9.97 Å². The Morgan fingerprint density at radius 2 is 1.57 bits per heavy atom. The van der Waals surface area contributed by atoms with Crippen molar-refractivity contribution in [1.29, 1.82) is 5.26 Å². The van der Waals surface area contributed by atoms with E-state index in [0.29, 0.717) is 51.3 Å². The fourth-order valence-corrected chi connectivity index (χ4v) is 5.03. The van der Waals surface area contributed by atoms with Crippen molar-refractivity contribution < 1.29 is 31.9 Å². The number of carbonyl (C=O) groups is 1. The fraction of sp³-hybridized carbons (Fsp3) is 0.125. The molecule has 3 aromatic carbocycles. The molecule has 0 aliphatic carbocycles. The number of benzene rings is 3. The molecule has 1 amide bonds. The molecule has 0 saturated carbocycles. The number of nitriles is 1. The van der Waals surface area contributed by atoms with Crippen LogP contribution in [0.15, 0.2) is 94.5 Å². The van der Waals surface area contributed by atoms with Gasteiger partial charge in [0.1, 0.15) is 23.1 Å². The maximum atomic E-state index is 13.8. The molecule has 12 heteroatoms. The van der Waals surface area contributed by atoms with Crippen molar-refractivity contribution in [2.45, 2.75) is 11.3 Å². The van der Waals surface area contributed by atoms with Gasteiger partial charge in [0, 0.05) is 16.7 Å². The van der Waals surface area contributed by atoms with Crippen LogP contribution in [0.4, 0.5) is 19.1 Å². The van der Waals surface area contributed by atoms with Crippen LogP contribution in [-0.4, -0.2) is 35.8 Å². The van der Waals surface area contributed by atoms with Crippen LogP contribution >= 0.6 is 11.8 Å². The van der Waals surface area contributed by atoms with Gasteiger partial charge in [-0.2, -0.15) is 18.4 Å². The SMILES string of the molecule is COc1ccc(-c2cc(C(F)(F)F)nc(SCC(=O)Nc3oc(-c4ccccc4)c(-c4ccccc4)c3C#N)n2)cc1OC. The molecule has 0 bridgehead atoms. The van der Waals surface area contributed by atoms with Crippen LogP contribution in [0.2, 0.25) is 0 Å². The van der Waals surface area contributed by atoms with Gasteiger partial charge in [-0.05, 0) is 29.8 Å². The molecule has 8 nitrogen and oxygen atoms in total. The minimum Gasteiger partial charge on any atom is -0.493 e. The number of nitrogens with one attached hydrogen (secondary N) is 1. The molecular weight excluding hydrogens is 593 g/mol. The van der Waals surface area contributed by atoms with E-state index >= 15 is 0 Å². The number of carbonyl (C=O) groups excluding carboxylic acids is 1. The Morgan fingerprint density at radius 1 is 0.909 bits per heavy atom. The van der Waals surface area contributed by atoms with Crippen molar-refractivity contribution in [3.63, 3.8) is 0 Å². The summed E-state index contributed by atoms with van der Waals surface area (Å²) in [6.07, 6.45) is -4.76. The highest BCUT2D eigenvalue weighted by Crippen LogP contribution is 2.41. The van der Waals surface area contributed by atoms with E-state index in [1.807, 2.05) is 60.7 Å². The van der Waals surface area contributed by atoms with Crippen LogP contribution in [0.1, 0.15) is 11.3 Å². The summed E-state index contributed by atoms with van der Waals surface area (Å²) < 4.78 is 57.7. The average Bonchev–Trinajstić information content (AvgIpc) is 3.41. The lowest BCUT2D eigenvalue weighted by molar-refractivity contribution is -0.141. The Labute approximate surface area is 254 Å². The Hall–Kier alpha value is -5.28. The average molecular weight is 617 g/mol. The number of ether oxygens (including phenoxy) is 2. The zero-order valence-electron chi connectivity index (χ0n) is 23.3. The molecule has 2 aromatic heterocycles. The van der Waals surface area contributed by atoms with Gasteiger partial charge < -0.3 is 13.9 Å². The summed E-state index contributed by atoms with van der Waals surface area (Å²) in [5.41, 5.74) is 1.16. The van der Waals surface area contributed by atoms with Gasteiger partial charge in [0.05, 0.1) is 25.7 Å². The number of alkyl halides is 3. The lowest BCUT2D eigenvalue weighted by Gasteiger charge is -2.12. The fourth-order valence-electron chi connectivity index (χ4n) is 4.37. The van der Waals surface area contributed by atoms with Gasteiger partial charge in [-0.1, -0.05) is 72.4 Å². The van der Waals surface area contributed by atoms with Crippen molar-refractivity contribution >= 4 is 23.6 Å². The first-order valence-corrected chi connectivity index (χ1v) is 14.0. The number of nitrogens with zero attached hydrogens (tertiary/aromatic N) is 3. The minimum atomic E-state index is -4.76. The standard InChI is InChI=1S/C32H23F3N4O4S/c1-41-24-14-13-21(15-25(24)42-2)23-16-26(32(33,34)35)38-31(37-23)44-18-27(40)39-30-22(17-36)28(19-9-5-3-6-10-19)29(43-30)20-11-7-4-8-12-20/h3-16H,18H2,1-2H3,(H,39,40). The third-order valence-corrected chi connectivity index (χ3v) is 7.23. The van der Waals surface area contributed by atoms with Crippen molar-refractivity contribution in [1.82, 2.24) is 9.97 Å². The number of amides is 1. The molecule has 44 heavy (non-hydrogen) atoms. The molecule has 0 aliphatic rings. The van der Waals surface area contributed by atoms with Crippen molar-refractivity contribution in [2.24, 2.45) is 0 Å². The van der Waals surface area contributed by atoms with Gasteiger partial charge in [-0.15, -0.1) is 0 Å². The number of thioether (sulfide) groups is 1. The van der Waals surface area contributed by atoms with Crippen molar-refractivity contribution in [3.05, 3.63) is 96.2 Å². The van der Waals surface area contributed by atoms with Crippen LogP contribution in [0.5, 0.6) is 11.5 Å². The van der Waals surface area contributed by atoms with Gasteiger partial charge in [-0.3, -0.25) is 10.1 Å². The lowest BCUT2D eigenvalue weighted by Crippen LogP contribution is -2.15. The van der Waals surface area contributed by atoms with Crippen LogP contribution in [0.3, 0.4) is 0 Å². The summed E-state index contributed by atoms with van der Waals surface area (Å²) in [4.78, 5) is 20.9. The zero-order chi connectivity index (χ0) is 31.3. The molecule has 5 aromatic rings.